The van der Waals surface area contributed by atoms with Gasteiger partial charge in [-0.1, -0.05) is 58.0 Å². The predicted octanol–water partition coefficient (Wildman–Crippen LogP) is 5.28. The number of rotatable bonds is 3. The number of hydrogen-bond acceptors (Lipinski definition) is 2. The first-order valence-corrected chi connectivity index (χ1v) is 7.63. The molecule has 1 N–H and O–H groups in total. The van der Waals surface area contributed by atoms with Crippen LogP contribution in [0.4, 0.5) is 4.79 Å². The maximum absolute atomic E-state index is 11.1. The summed E-state index contributed by atoms with van der Waals surface area (Å²) < 4.78 is 4.58. The number of methoxy groups -OCH3 is 1. The van der Waals surface area contributed by atoms with Gasteiger partial charge in [0.1, 0.15) is 0 Å². The highest BCUT2D eigenvalue weighted by atomic mass is 16.5. The standard InChI is InChI=1S/C14H19NO2.2C2H6/c1-10(12(3)15-14(16)17-4)11(2)13-8-6-5-7-9-13;2*1-2/h5-9,12H,1-4H3,(H,15,16);2*1-2H3/b11-10+;;. The number of carbonyl (C=O) groups is 1. The summed E-state index contributed by atoms with van der Waals surface area (Å²) in [5.41, 5.74) is 3.47. The molecular formula is C18H31NO2. The average Bonchev–Trinajstić information content (AvgIpc) is 2.57. The summed E-state index contributed by atoms with van der Waals surface area (Å²) in [6, 6.07) is 10.1. The minimum absolute atomic E-state index is 0.0392. The molecule has 1 rings (SSSR count). The summed E-state index contributed by atoms with van der Waals surface area (Å²) in [6.07, 6.45) is -0.405. The van der Waals surface area contributed by atoms with Crippen LogP contribution in [-0.4, -0.2) is 19.2 Å². The van der Waals surface area contributed by atoms with E-state index in [1.54, 1.807) is 0 Å². The Hall–Kier alpha value is -1.77. The molecule has 0 radical (unpaired) electrons. The van der Waals surface area contributed by atoms with Crippen molar-refractivity contribution in [3.8, 4) is 0 Å². The molecule has 3 nitrogen and oxygen atoms in total. The van der Waals surface area contributed by atoms with Crippen molar-refractivity contribution in [3.63, 3.8) is 0 Å². The van der Waals surface area contributed by atoms with Crippen LogP contribution in [0, 0.1) is 0 Å². The number of nitrogens with one attached hydrogen (secondary N) is 1. The van der Waals surface area contributed by atoms with Gasteiger partial charge in [0.25, 0.3) is 0 Å². The van der Waals surface area contributed by atoms with Crippen LogP contribution in [0.15, 0.2) is 35.9 Å². The second kappa shape index (κ2) is 13.2. The molecule has 1 unspecified atom stereocenters. The number of hydrogen-bond donors (Lipinski definition) is 1. The zero-order valence-electron chi connectivity index (χ0n) is 14.8. The molecule has 0 fully saturated rings. The number of amides is 1. The fourth-order valence-electron chi connectivity index (χ4n) is 1.58. The van der Waals surface area contributed by atoms with E-state index in [0.717, 1.165) is 5.57 Å². The van der Waals surface area contributed by atoms with Gasteiger partial charge in [-0.3, -0.25) is 0 Å². The predicted molar refractivity (Wildman–Crippen MR) is 92.4 cm³/mol. The Morgan fingerprint density at radius 1 is 1.05 bits per heavy atom. The maximum Gasteiger partial charge on any atom is 0.407 e. The largest absolute Gasteiger partial charge is 0.453 e. The summed E-state index contributed by atoms with van der Waals surface area (Å²) in [5.74, 6) is 0. The van der Waals surface area contributed by atoms with Crippen molar-refractivity contribution in [2.75, 3.05) is 7.11 Å². The molecule has 1 atom stereocenters. The molecular weight excluding hydrogens is 262 g/mol. The van der Waals surface area contributed by atoms with Crippen LogP contribution in [-0.2, 0) is 4.74 Å². The number of benzene rings is 1. The van der Waals surface area contributed by atoms with Crippen LogP contribution in [0.25, 0.3) is 5.57 Å². The van der Waals surface area contributed by atoms with Crippen LogP contribution in [0.2, 0.25) is 0 Å². The summed E-state index contributed by atoms with van der Waals surface area (Å²) in [4.78, 5) is 11.1. The second-order valence-corrected chi connectivity index (χ2v) is 4.03. The number of carbonyl (C=O) groups excluding carboxylic acids is 1. The molecule has 0 bridgehead atoms. The fourth-order valence-corrected chi connectivity index (χ4v) is 1.58. The third-order valence-electron chi connectivity index (χ3n) is 2.97. The monoisotopic (exact) mass is 293 g/mol. The van der Waals surface area contributed by atoms with Gasteiger partial charge in [0.05, 0.1) is 13.2 Å². The zero-order valence-corrected chi connectivity index (χ0v) is 14.8. The Morgan fingerprint density at radius 2 is 1.52 bits per heavy atom. The molecule has 1 aromatic rings. The molecule has 0 aromatic heterocycles. The second-order valence-electron chi connectivity index (χ2n) is 4.03. The van der Waals surface area contributed by atoms with Crippen molar-refractivity contribution >= 4 is 11.7 Å². The quantitative estimate of drug-likeness (QED) is 0.823. The molecule has 0 aliphatic rings. The zero-order chi connectivity index (χ0) is 16.8. The molecule has 1 aromatic carbocycles. The van der Waals surface area contributed by atoms with Gasteiger partial charge in [-0.05, 0) is 37.5 Å². The van der Waals surface area contributed by atoms with E-state index in [-0.39, 0.29) is 6.04 Å². The number of allylic oxidation sites excluding steroid dienone is 1. The van der Waals surface area contributed by atoms with Crippen molar-refractivity contribution in [3.05, 3.63) is 41.5 Å². The Kier molecular flexibility index (Phi) is 13.6. The van der Waals surface area contributed by atoms with Crippen molar-refractivity contribution in [1.82, 2.24) is 5.32 Å². The SMILES string of the molecule is CC.CC.COC(=O)NC(C)/C(C)=C(\C)c1ccccc1. The summed E-state index contributed by atoms with van der Waals surface area (Å²) >= 11 is 0. The maximum atomic E-state index is 11.1. The first-order chi connectivity index (χ1) is 10.1. The van der Waals surface area contributed by atoms with Crippen molar-refractivity contribution in [2.45, 2.75) is 54.5 Å². The molecule has 21 heavy (non-hydrogen) atoms. The van der Waals surface area contributed by atoms with E-state index in [0.29, 0.717) is 0 Å². The number of ether oxygens (including phenoxy) is 1. The van der Waals surface area contributed by atoms with Crippen LogP contribution >= 0.6 is 0 Å². The van der Waals surface area contributed by atoms with E-state index in [1.807, 2.05) is 59.7 Å². The lowest BCUT2D eigenvalue weighted by atomic mass is 9.98. The minimum atomic E-state index is -0.405. The lowest BCUT2D eigenvalue weighted by molar-refractivity contribution is 0.169. The van der Waals surface area contributed by atoms with E-state index < -0.39 is 6.09 Å². The van der Waals surface area contributed by atoms with Crippen molar-refractivity contribution < 1.29 is 9.53 Å². The topological polar surface area (TPSA) is 38.3 Å². The highest BCUT2D eigenvalue weighted by Crippen LogP contribution is 2.19. The van der Waals surface area contributed by atoms with Gasteiger partial charge >= 0.3 is 6.09 Å². The molecule has 1 amide bonds. The first kappa shape index (κ1) is 21.5. The Bertz CT molecular complexity index is 410. The molecule has 0 aliphatic heterocycles. The highest BCUT2D eigenvalue weighted by Gasteiger charge is 2.11. The lowest BCUT2D eigenvalue weighted by Gasteiger charge is -2.17. The van der Waals surface area contributed by atoms with Crippen LogP contribution in [0.5, 0.6) is 0 Å². The fraction of sp³-hybridized carbons (Fsp3) is 0.500. The van der Waals surface area contributed by atoms with E-state index in [2.05, 4.69) is 29.1 Å². The molecule has 0 saturated carbocycles. The Labute approximate surface area is 130 Å². The lowest BCUT2D eigenvalue weighted by Crippen LogP contribution is -2.33. The molecule has 0 spiro atoms. The normalized spacial score (nSPS) is 11.6. The highest BCUT2D eigenvalue weighted by molar-refractivity contribution is 5.71. The van der Waals surface area contributed by atoms with Gasteiger partial charge in [-0.2, -0.15) is 0 Å². The summed E-state index contributed by atoms with van der Waals surface area (Å²) in [7, 11) is 1.37. The Balaban J connectivity index is 0. The first-order valence-electron chi connectivity index (χ1n) is 7.63. The van der Waals surface area contributed by atoms with Crippen LogP contribution < -0.4 is 5.32 Å². The van der Waals surface area contributed by atoms with E-state index in [4.69, 9.17) is 0 Å². The van der Waals surface area contributed by atoms with Crippen LogP contribution in [0.3, 0.4) is 0 Å². The van der Waals surface area contributed by atoms with E-state index >= 15 is 0 Å². The van der Waals surface area contributed by atoms with Gasteiger partial charge in [-0.25, -0.2) is 4.79 Å². The van der Waals surface area contributed by atoms with E-state index in [1.165, 1.54) is 18.2 Å². The smallest absolute Gasteiger partial charge is 0.407 e. The molecule has 120 valence electrons. The van der Waals surface area contributed by atoms with Gasteiger partial charge in [0, 0.05) is 0 Å². The van der Waals surface area contributed by atoms with Crippen molar-refractivity contribution in [1.29, 1.82) is 0 Å². The van der Waals surface area contributed by atoms with Gasteiger partial charge < -0.3 is 10.1 Å². The van der Waals surface area contributed by atoms with Gasteiger partial charge in [0.15, 0.2) is 0 Å². The third-order valence-corrected chi connectivity index (χ3v) is 2.97. The summed E-state index contributed by atoms with van der Waals surface area (Å²) in [6.45, 7) is 14.0. The van der Waals surface area contributed by atoms with Crippen LogP contribution in [0.1, 0.15) is 54.0 Å². The molecule has 3 heteroatoms. The minimum Gasteiger partial charge on any atom is -0.453 e. The van der Waals surface area contributed by atoms with E-state index in [9.17, 15) is 4.79 Å². The molecule has 0 aliphatic carbocycles. The summed E-state index contributed by atoms with van der Waals surface area (Å²) in [5, 5.41) is 2.76. The van der Waals surface area contributed by atoms with Gasteiger partial charge in [-0.15, -0.1) is 0 Å². The third kappa shape index (κ3) is 8.18. The van der Waals surface area contributed by atoms with Crippen molar-refractivity contribution in [2.24, 2.45) is 0 Å². The number of alkyl carbamates (subject to hydrolysis) is 1. The Morgan fingerprint density at radius 3 is 1.95 bits per heavy atom. The average molecular weight is 293 g/mol. The molecule has 0 saturated heterocycles. The van der Waals surface area contributed by atoms with Gasteiger partial charge in [0.2, 0.25) is 0 Å². The molecule has 0 heterocycles.